The van der Waals surface area contributed by atoms with Gasteiger partial charge in [0, 0.05) is 36.4 Å². The van der Waals surface area contributed by atoms with E-state index in [9.17, 15) is 0 Å². The summed E-state index contributed by atoms with van der Waals surface area (Å²) in [6.07, 6.45) is 2.73. The zero-order chi connectivity index (χ0) is 13.7. The van der Waals surface area contributed by atoms with Crippen LogP contribution in [0.4, 0.5) is 5.69 Å². The van der Waals surface area contributed by atoms with Crippen LogP contribution in [0.3, 0.4) is 0 Å². The van der Waals surface area contributed by atoms with Crippen LogP contribution in [0.15, 0.2) is 47.1 Å². The summed E-state index contributed by atoms with van der Waals surface area (Å²) >= 11 is 3.55. The number of hydrogen-bond acceptors (Lipinski definition) is 3. The van der Waals surface area contributed by atoms with E-state index in [0.29, 0.717) is 0 Å². The van der Waals surface area contributed by atoms with Gasteiger partial charge in [-0.1, -0.05) is 12.1 Å². The Balaban J connectivity index is 2.02. The van der Waals surface area contributed by atoms with E-state index in [1.54, 1.807) is 0 Å². The average molecular weight is 321 g/mol. The molecule has 100 valence electrons. The van der Waals surface area contributed by atoms with Crippen molar-refractivity contribution in [3.63, 3.8) is 0 Å². The number of likely N-dealkylation sites (N-methyl/N-ethyl adjacent to an activating group) is 1. The molecule has 0 fully saturated rings. The number of hydrogen-bond donors (Lipinski definition) is 1. The molecule has 19 heavy (non-hydrogen) atoms. The summed E-state index contributed by atoms with van der Waals surface area (Å²) < 4.78 is 1.00. The maximum atomic E-state index is 9.10. The first-order chi connectivity index (χ1) is 9.20. The Morgan fingerprint density at radius 1 is 1.26 bits per heavy atom. The highest BCUT2D eigenvalue weighted by Crippen LogP contribution is 2.26. The van der Waals surface area contributed by atoms with Crippen LogP contribution in [-0.2, 0) is 13.0 Å². The lowest BCUT2D eigenvalue weighted by molar-refractivity contribution is 0.282. The van der Waals surface area contributed by atoms with Crippen molar-refractivity contribution in [2.45, 2.75) is 13.0 Å². The molecule has 2 aromatic rings. The van der Waals surface area contributed by atoms with Gasteiger partial charge in [-0.15, -0.1) is 0 Å². The Bertz CT molecular complexity index is 531. The molecule has 1 aromatic heterocycles. The molecule has 0 unspecified atom stereocenters. The standard InChI is InChI=1S/C15H17BrN2O/c1-18(9-7-13-4-2-3-8-17-13)15-6-5-12(11-19)10-14(15)16/h2-6,8,10,19H,7,9,11H2,1H3. The van der Waals surface area contributed by atoms with Crippen molar-refractivity contribution >= 4 is 21.6 Å². The minimum absolute atomic E-state index is 0.0660. The fraction of sp³-hybridized carbons (Fsp3) is 0.267. The first-order valence-corrected chi connectivity index (χ1v) is 7.00. The lowest BCUT2D eigenvalue weighted by Gasteiger charge is -2.21. The highest BCUT2D eigenvalue weighted by Gasteiger charge is 2.07. The highest BCUT2D eigenvalue weighted by atomic mass is 79.9. The summed E-state index contributed by atoms with van der Waals surface area (Å²) in [5.41, 5.74) is 3.12. The molecule has 2 rings (SSSR count). The van der Waals surface area contributed by atoms with Crippen LogP contribution in [0.5, 0.6) is 0 Å². The molecule has 0 aliphatic carbocycles. The summed E-state index contributed by atoms with van der Waals surface area (Å²) in [6, 6.07) is 11.9. The molecule has 1 heterocycles. The minimum Gasteiger partial charge on any atom is -0.392 e. The fourth-order valence-corrected chi connectivity index (χ4v) is 2.64. The number of nitrogens with zero attached hydrogens (tertiary/aromatic N) is 2. The van der Waals surface area contributed by atoms with E-state index < -0.39 is 0 Å². The van der Waals surface area contributed by atoms with Gasteiger partial charge in [0.25, 0.3) is 0 Å². The second-order valence-electron chi connectivity index (χ2n) is 4.44. The largest absolute Gasteiger partial charge is 0.392 e. The number of aliphatic hydroxyl groups excluding tert-OH is 1. The molecule has 0 amide bonds. The second-order valence-corrected chi connectivity index (χ2v) is 5.29. The summed E-state index contributed by atoms with van der Waals surface area (Å²) in [5, 5.41) is 9.10. The van der Waals surface area contributed by atoms with E-state index in [1.807, 2.05) is 42.6 Å². The van der Waals surface area contributed by atoms with Gasteiger partial charge in [0.1, 0.15) is 0 Å². The molecule has 1 N–H and O–H groups in total. The van der Waals surface area contributed by atoms with Gasteiger partial charge in [0.05, 0.1) is 12.3 Å². The first-order valence-electron chi connectivity index (χ1n) is 6.21. The molecule has 1 aromatic carbocycles. The van der Waals surface area contributed by atoms with Crippen molar-refractivity contribution in [3.8, 4) is 0 Å². The van der Waals surface area contributed by atoms with Gasteiger partial charge in [-0.3, -0.25) is 4.98 Å². The lowest BCUT2D eigenvalue weighted by atomic mass is 10.2. The van der Waals surface area contributed by atoms with Gasteiger partial charge < -0.3 is 10.0 Å². The van der Waals surface area contributed by atoms with Crippen LogP contribution in [0.1, 0.15) is 11.3 Å². The predicted octanol–water partition coefficient (Wildman–Crippen LogP) is 3.02. The average Bonchev–Trinajstić information content (AvgIpc) is 2.45. The Kier molecular flexibility index (Phi) is 4.93. The number of aliphatic hydroxyl groups is 1. The van der Waals surface area contributed by atoms with Crippen molar-refractivity contribution in [2.75, 3.05) is 18.5 Å². The molecular formula is C15H17BrN2O. The van der Waals surface area contributed by atoms with E-state index in [4.69, 9.17) is 5.11 Å². The molecule has 0 atom stereocenters. The lowest BCUT2D eigenvalue weighted by Crippen LogP contribution is -2.21. The van der Waals surface area contributed by atoms with Crippen LogP contribution in [0, 0.1) is 0 Å². The number of pyridine rings is 1. The van der Waals surface area contributed by atoms with E-state index in [0.717, 1.165) is 34.4 Å². The van der Waals surface area contributed by atoms with Crippen LogP contribution >= 0.6 is 15.9 Å². The van der Waals surface area contributed by atoms with Gasteiger partial charge in [-0.2, -0.15) is 0 Å². The van der Waals surface area contributed by atoms with Gasteiger partial charge in [-0.05, 0) is 45.8 Å². The van der Waals surface area contributed by atoms with Gasteiger partial charge in [0.2, 0.25) is 0 Å². The molecule has 0 bridgehead atoms. The number of aromatic nitrogens is 1. The van der Waals surface area contributed by atoms with Crippen LogP contribution in [-0.4, -0.2) is 23.7 Å². The maximum Gasteiger partial charge on any atom is 0.0682 e. The number of rotatable bonds is 5. The van der Waals surface area contributed by atoms with Gasteiger partial charge in [0.15, 0.2) is 0 Å². The van der Waals surface area contributed by atoms with E-state index in [-0.39, 0.29) is 6.61 Å². The van der Waals surface area contributed by atoms with Crippen molar-refractivity contribution < 1.29 is 5.11 Å². The van der Waals surface area contributed by atoms with Crippen LogP contribution in [0.25, 0.3) is 0 Å². The van der Waals surface area contributed by atoms with Crippen LogP contribution in [0.2, 0.25) is 0 Å². The molecular weight excluding hydrogens is 304 g/mol. The number of benzene rings is 1. The topological polar surface area (TPSA) is 36.4 Å². The predicted molar refractivity (Wildman–Crippen MR) is 81.3 cm³/mol. The van der Waals surface area contributed by atoms with E-state index >= 15 is 0 Å². The zero-order valence-electron chi connectivity index (χ0n) is 10.9. The summed E-state index contributed by atoms with van der Waals surface area (Å²) in [7, 11) is 2.06. The quantitative estimate of drug-likeness (QED) is 0.920. The summed E-state index contributed by atoms with van der Waals surface area (Å²) in [5.74, 6) is 0. The summed E-state index contributed by atoms with van der Waals surface area (Å²) in [4.78, 5) is 6.50. The fourth-order valence-electron chi connectivity index (χ4n) is 1.91. The monoisotopic (exact) mass is 320 g/mol. The third kappa shape index (κ3) is 3.78. The Hall–Kier alpha value is -1.39. The van der Waals surface area contributed by atoms with Crippen molar-refractivity contribution in [2.24, 2.45) is 0 Å². The molecule has 0 radical (unpaired) electrons. The van der Waals surface area contributed by atoms with Crippen LogP contribution < -0.4 is 4.90 Å². The molecule has 0 saturated carbocycles. The molecule has 0 spiro atoms. The van der Waals surface area contributed by atoms with E-state index in [1.165, 1.54) is 0 Å². The Morgan fingerprint density at radius 2 is 2.11 bits per heavy atom. The van der Waals surface area contributed by atoms with Gasteiger partial charge in [-0.25, -0.2) is 0 Å². The number of halogens is 1. The Labute approximate surface area is 122 Å². The molecule has 0 aliphatic rings. The SMILES string of the molecule is CN(CCc1ccccn1)c1ccc(CO)cc1Br. The summed E-state index contributed by atoms with van der Waals surface area (Å²) in [6.45, 7) is 0.963. The smallest absolute Gasteiger partial charge is 0.0682 e. The first kappa shape index (κ1) is 14.0. The minimum atomic E-state index is 0.0660. The van der Waals surface area contributed by atoms with Crippen molar-refractivity contribution in [1.29, 1.82) is 0 Å². The molecule has 0 saturated heterocycles. The normalized spacial score (nSPS) is 10.5. The molecule has 4 heteroatoms. The maximum absolute atomic E-state index is 9.10. The second kappa shape index (κ2) is 6.68. The zero-order valence-corrected chi connectivity index (χ0v) is 12.5. The highest BCUT2D eigenvalue weighted by molar-refractivity contribution is 9.10. The Morgan fingerprint density at radius 3 is 2.74 bits per heavy atom. The van der Waals surface area contributed by atoms with Gasteiger partial charge >= 0.3 is 0 Å². The third-order valence-electron chi connectivity index (χ3n) is 3.04. The van der Waals surface area contributed by atoms with Crippen molar-refractivity contribution in [1.82, 2.24) is 4.98 Å². The third-order valence-corrected chi connectivity index (χ3v) is 3.67. The molecule has 3 nitrogen and oxygen atoms in total. The van der Waals surface area contributed by atoms with E-state index in [2.05, 4.69) is 32.9 Å². The van der Waals surface area contributed by atoms with Crippen molar-refractivity contribution in [3.05, 3.63) is 58.3 Å². The number of anilines is 1. The molecule has 0 aliphatic heterocycles.